The van der Waals surface area contributed by atoms with Gasteiger partial charge in [0.25, 0.3) is 0 Å². The Morgan fingerprint density at radius 3 is 2.21 bits per heavy atom. The minimum Gasteiger partial charge on any atom is -0.493 e. The van der Waals surface area contributed by atoms with E-state index in [1.165, 1.54) is 11.1 Å². The zero-order chi connectivity index (χ0) is 20.8. The maximum atomic E-state index is 5.40. The van der Waals surface area contributed by atoms with Gasteiger partial charge in [0.15, 0.2) is 11.5 Å². The Labute approximate surface area is 171 Å². The topological polar surface area (TPSA) is 77.5 Å². The van der Waals surface area contributed by atoms with Gasteiger partial charge >= 0.3 is 0 Å². The molecule has 7 nitrogen and oxygen atoms in total. The van der Waals surface area contributed by atoms with Gasteiger partial charge in [-0.1, -0.05) is 29.8 Å². The number of aryl methyl sites for hydroxylation is 2. The first kappa shape index (κ1) is 20.3. The molecule has 7 heteroatoms. The van der Waals surface area contributed by atoms with Gasteiger partial charge in [-0.25, -0.2) is 4.98 Å². The highest BCUT2D eigenvalue weighted by atomic mass is 16.5. The van der Waals surface area contributed by atoms with E-state index < -0.39 is 0 Å². The molecule has 0 saturated heterocycles. The average Bonchev–Trinajstić information content (AvgIpc) is 2.71. The molecule has 0 aliphatic carbocycles. The van der Waals surface area contributed by atoms with Crippen LogP contribution in [0.1, 0.15) is 16.8 Å². The smallest absolute Gasteiger partial charge is 0.229 e. The van der Waals surface area contributed by atoms with Gasteiger partial charge in [0.1, 0.15) is 5.82 Å². The zero-order valence-corrected chi connectivity index (χ0v) is 17.4. The summed E-state index contributed by atoms with van der Waals surface area (Å²) < 4.78 is 16.2. The van der Waals surface area contributed by atoms with Crippen molar-refractivity contribution in [1.82, 2.24) is 9.97 Å². The normalized spacial score (nSPS) is 10.4. The highest BCUT2D eigenvalue weighted by Gasteiger charge is 2.14. The molecule has 2 aromatic carbocycles. The van der Waals surface area contributed by atoms with Gasteiger partial charge in [-0.05, 0) is 19.4 Å². The average molecular weight is 394 g/mol. The van der Waals surface area contributed by atoms with Crippen molar-refractivity contribution < 1.29 is 14.2 Å². The number of benzene rings is 2. The van der Waals surface area contributed by atoms with Crippen molar-refractivity contribution in [1.29, 1.82) is 0 Å². The number of aromatic nitrogens is 2. The first-order chi connectivity index (χ1) is 14.0. The van der Waals surface area contributed by atoms with Crippen molar-refractivity contribution in [2.45, 2.75) is 20.4 Å². The van der Waals surface area contributed by atoms with Gasteiger partial charge < -0.3 is 24.8 Å². The SMILES string of the molecule is COc1cc(Nc2nc(C)cc(NCc3cccc(C)c3)n2)cc(OC)c1OC. The summed E-state index contributed by atoms with van der Waals surface area (Å²) in [4.78, 5) is 9.05. The molecule has 1 heterocycles. The van der Waals surface area contributed by atoms with Crippen LogP contribution in [0.2, 0.25) is 0 Å². The van der Waals surface area contributed by atoms with E-state index in [1.807, 2.05) is 25.1 Å². The molecular formula is C22H26N4O3. The number of ether oxygens (including phenoxy) is 3. The maximum absolute atomic E-state index is 5.40. The lowest BCUT2D eigenvalue weighted by atomic mass is 10.1. The first-order valence-electron chi connectivity index (χ1n) is 9.24. The molecule has 0 aliphatic rings. The lowest BCUT2D eigenvalue weighted by Crippen LogP contribution is -2.06. The Morgan fingerprint density at radius 1 is 0.862 bits per heavy atom. The van der Waals surface area contributed by atoms with Gasteiger partial charge in [0.05, 0.1) is 21.3 Å². The highest BCUT2D eigenvalue weighted by molar-refractivity contribution is 5.66. The van der Waals surface area contributed by atoms with Crippen LogP contribution in [0.3, 0.4) is 0 Å². The van der Waals surface area contributed by atoms with E-state index >= 15 is 0 Å². The summed E-state index contributed by atoms with van der Waals surface area (Å²) in [5.41, 5.74) is 4.00. The van der Waals surface area contributed by atoms with E-state index in [2.05, 4.69) is 51.8 Å². The number of methoxy groups -OCH3 is 3. The Bertz CT molecular complexity index is 967. The number of hydrogen-bond acceptors (Lipinski definition) is 7. The molecule has 0 aliphatic heterocycles. The Balaban J connectivity index is 1.81. The van der Waals surface area contributed by atoms with Gasteiger partial charge in [0.2, 0.25) is 11.7 Å². The standard InChI is InChI=1S/C22H26N4O3/c1-14-7-6-8-16(9-14)13-23-20-10-15(2)24-22(26-20)25-17-11-18(27-3)21(29-5)19(12-17)28-4/h6-12H,13H2,1-5H3,(H2,23,24,25,26). The molecule has 2 N–H and O–H groups in total. The lowest BCUT2D eigenvalue weighted by Gasteiger charge is -2.15. The number of rotatable bonds is 8. The van der Waals surface area contributed by atoms with Gasteiger partial charge in [-0.3, -0.25) is 0 Å². The number of hydrogen-bond donors (Lipinski definition) is 2. The zero-order valence-electron chi connectivity index (χ0n) is 17.4. The Morgan fingerprint density at radius 2 is 1.59 bits per heavy atom. The van der Waals surface area contributed by atoms with Crippen molar-refractivity contribution in [2.75, 3.05) is 32.0 Å². The largest absolute Gasteiger partial charge is 0.493 e. The van der Waals surface area contributed by atoms with Crippen molar-refractivity contribution in [3.63, 3.8) is 0 Å². The third-order valence-corrected chi connectivity index (χ3v) is 4.33. The van der Waals surface area contributed by atoms with E-state index in [-0.39, 0.29) is 0 Å². The van der Waals surface area contributed by atoms with Gasteiger partial charge in [0, 0.05) is 36.1 Å². The van der Waals surface area contributed by atoms with Crippen LogP contribution in [0.5, 0.6) is 17.2 Å². The summed E-state index contributed by atoms with van der Waals surface area (Å²) in [5.74, 6) is 2.87. The van der Waals surface area contributed by atoms with Crippen LogP contribution in [0, 0.1) is 13.8 Å². The summed E-state index contributed by atoms with van der Waals surface area (Å²) in [5, 5.41) is 6.57. The second-order valence-electron chi connectivity index (χ2n) is 6.60. The van der Waals surface area contributed by atoms with Crippen LogP contribution in [0.25, 0.3) is 0 Å². The van der Waals surface area contributed by atoms with E-state index in [4.69, 9.17) is 14.2 Å². The summed E-state index contributed by atoms with van der Waals surface area (Å²) >= 11 is 0. The number of nitrogens with zero attached hydrogens (tertiary/aromatic N) is 2. The Hall–Kier alpha value is -3.48. The Kier molecular flexibility index (Phi) is 6.39. The molecular weight excluding hydrogens is 368 g/mol. The van der Waals surface area contributed by atoms with Crippen LogP contribution in [-0.4, -0.2) is 31.3 Å². The molecule has 0 atom stereocenters. The lowest BCUT2D eigenvalue weighted by molar-refractivity contribution is 0.324. The third-order valence-electron chi connectivity index (χ3n) is 4.33. The molecule has 1 aromatic heterocycles. The van der Waals surface area contributed by atoms with Gasteiger partial charge in [-0.2, -0.15) is 4.98 Å². The van der Waals surface area contributed by atoms with Crippen LogP contribution in [0.4, 0.5) is 17.5 Å². The van der Waals surface area contributed by atoms with Crippen molar-refractivity contribution in [2.24, 2.45) is 0 Å². The quantitative estimate of drug-likeness (QED) is 0.583. The molecule has 0 bridgehead atoms. The monoisotopic (exact) mass is 394 g/mol. The molecule has 0 fully saturated rings. The molecule has 0 amide bonds. The maximum Gasteiger partial charge on any atom is 0.229 e. The van der Waals surface area contributed by atoms with Crippen molar-refractivity contribution >= 4 is 17.5 Å². The molecule has 29 heavy (non-hydrogen) atoms. The summed E-state index contributed by atoms with van der Waals surface area (Å²) in [6, 6.07) is 13.9. The molecule has 0 saturated carbocycles. The predicted octanol–water partition coefficient (Wildman–Crippen LogP) is 4.47. The van der Waals surface area contributed by atoms with Crippen LogP contribution >= 0.6 is 0 Å². The van der Waals surface area contributed by atoms with Crippen molar-refractivity contribution in [3.8, 4) is 17.2 Å². The summed E-state index contributed by atoms with van der Waals surface area (Å²) in [6.07, 6.45) is 0. The fraction of sp³-hybridized carbons (Fsp3) is 0.273. The molecule has 0 radical (unpaired) electrons. The highest BCUT2D eigenvalue weighted by Crippen LogP contribution is 2.40. The van der Waals surface area contributed by atoms with E-state index in [9.17, 15) is 0 Å². The minimum atomic E-state index is 0.478. The molecule has 0 spiro atoms. The number of anilines is 3. The van der Waals surface area contributed by atoms with Crippen LogP contribution in [-0.2, 0) is 6.54 Å². The molecule has 0 unspecified atom stereocenters. The second-order valence-corrected chi connectivity index (χ2v) is 6.60. The summed E-state index contributed by atoms with van der Waals surface area (Å²) in [7, 11) is 4.73. The molecule has 3 aromatic rings. The summed E-state index contributed by atoms with van der Waals surface area (Å²) in [6.45, 7) is 4.69. The van der Waals surface area contributed by atoms with Crippen LogP contribution in [0.15, 0.2) is 42.5 Å². The van der Waals surface area contributed by atoms with E-state index in [1.54, 1.807) is 21.3 Å². The van der Waals surface area contributed by atoms with E-state index in [0.717, 1.165) is 17.2 Å². The van der Waals surface area contributed by atoms with Gasteiger partial charge in [-0.15, -0.1) is 0 Å². The fourth-order valence-corrected chi connectivity index (χ4v) is 3.01. The predicted molar refractivity (Wildman–Crippen MR) is 115 cm³/mol. The van der Waals surface area contributed by atoms with Crippen LogP contribution < -0.4 is 24.8 Å². The molecule has 152 valence electrons. The second kappa shape index (κ2) is 9.14. The fourth-order valence-electron chi connectivity index (χ4n) is 3.01. The minimum absolute atomic E-state index is 0.478. The third kappa shape index (κ3) is 5.07. The number of nitrogens with one attached hydrogen (secondary N) is 2. The first-order valence-corrected chi connectivity index (χ1v) is 9.24. The van der Waals surface area contributed by atoms with Crippen molar-refractivity contribution in [3.05, 3.63) is 59.3 Å². The molecule has 3 rings (SSSR count). The van der Waals surface area contributed by atoms with E-state index in [0.29, 0.717) is 29.7 Å².